The van der Waals surface area contributed by atoms with Crippen LogP contribution in [0, 0.1) is 0 Å². The number of thiophene rings is 1. The molecule has 32 heavy (non-hydrogen) atoms. The van der Waals surface area contributed by atoms with Crippen LogP contribution in [0.15, 0.2) is 60.5 Å². The number of carboxylic acids is 1. The number of rotatable bonds is 6. The summed E-state index contributed by atoms with van der Waals surface area (Å²) in [5.41, 5.74) is 5.33. The van der Waals surface area contributed by atoms with Crippen LogP contribution < -0.4 is 10.1 Å². The smallest absolute Gasteiger partial charge is 0.338 e. The van der Waals surface area contributed by atoms with Crippen molar-refractivity contribution < 1.29 is 14.6 Å². The summed E-state index contributed by atoms with van der Waals surface area (Å²) in [6.07, 6.45) is 5.05. The van der Waals surface area contributed by atoms with E-state index in [1.54, 1.807) is 7.05 Å². The van der Waals surface area contributed by atoms with Gasteiger partial charge in [-0.05, 0) is 78.8 Å². The number of hydrogen-bond donors (Lipinski definition) is 2. The second-order valence-electron chi connectivity index (χ2n) is 8.10. The lowest BCUT2D eigenvalue weighted by Gasteiger charge is -2.24. The zero-order valence-electron chi connectivity index (χ0n) is 18.9. The molecule has 3 aromatic rings. The minimum Gasteiger partial charge on any atom is -0.491 e. The van der Waals surface area contributed by atoms with Crippen LogP contribution in [-0.2, 0) is 12.8 Å². The molecule has 4 nitrogen and oxygen atoms in total. The van der Waals surface area contributed by atoms with E-state index in [0.29, 0.717) is 11.5 Å². The number of carboxylic acid groups (broad SMARTS) is 1. The molecular formula is C27H31NO3S. The number of nitrogens with one attached hydrogen (secondary N) is 1. The highest BCUT2D eigenvalue weighted by Crippen LogP contribution is 2.39. The van der Waals surface area contributed by atoms with Crippen LogP contribution in [-0.4, -0.2) is 24.2 Å². The van der Waals surface area contributed by atoms with Crippen molar-refractivity contribution in [1.29, 1.82) is 0 Å². The number of aryl methyl sites for hydroxylation is 1. The van der Waals surface area contributed by atoms with E-state index < -0.39 is 5.97 Å². The second kappa shape index (κ2) is 11.0. The zero-order valence-corrected chi connectivity index (χ0v) is 19.7. The maximum Gasteiger partial charge on any atom is 0.338 e. The monoisotopic (exact) mass is 449 g/mol. The van der Waals surface area contributed by atoms with Gasteiger partial charge in [0.2, 0.25) is 0 Å². The first-order chi connectivity index (χ1) is 15.4. The molecular weight excluding hydrogens is 418 g/mol. The minimum absolute atomic E-state index is 0.236. The van der Waals surface area contributed by atoms with Gasteiger partial charge in [0, 0.05) is 7.05 Å². The summed E-state index contributed by atoms with van der Waals surface area (Å²) in [6, 6.07) is 16.4. The van der Waals surface area contributed by atoms with Crippen LogP contribution in [0.2, 0.25) is 0 Å². The molecule has 2 aromatic carbocycles. The summed E-state index contributed by atoms with van der Waals surface area (Å²) >= 11 is 1.49. The summed E-state index contributed by atoms with van der Waals surface area (Å²) in [6.45, 7) is 7.71. The minimum atomic E-state index is -0.829. The maximum atomic E-state index is 11.5. The van der Waals surface area contributed by atoms with Crippen molar-refractivity contribution in [3.8, 4) is 5.75 Å². The van der Waals surface area contributed by atoms with E-state index >= 15 is 0 Å². The Morgan fingerprint density at radius 3 is 2.47 bits per heavy atom. The Balaban J connectivity index is 0.000000207. The Kier molecular flexibility index (Phi) is 8.12. The molecule has 0 saturated carbocycles. The second-order valence-corrected chi connectivity index (χ2v) is 8.98. The molecule has 0 aliphatic heterocycles. The van der Waals surface area contributed by atoms with Crippen molar-refractivity contribution >= 4 is 28.4 Å². The van der Waals surface area contributed by atoms with Gasteiger partial charge in [-0.15, -0.1) is 11.3 Å². The first kappa shape index (κ1) is 23.6. The van der Waals surface area contributed by atoms with E-state index in [0.717, 1.165) is 41.1 Å². The van der Waals surface area contributed by atoms with Gasteiger partial charge in [0.05, 0.1) is 11.7 Å². The first-order valence-corrected chi connectivity index (χ1v) is 11.8. The van der Waals surface area contributed by atoms with Crippen molar-refractivity contribution in [1.82, 2.24) is 0 Å². The van der Waals surface area contributed by atoms with Crippen molar-refractivity contribution in [3.05, 3.63) is 88.3 Å². The average molecular weight is 450 g/mol. The van der Waals surface area contributed by atoms with Gasteiger partial charge in [0.1, 0.15) is 10.8 Å². The summed E-state index contributed by atoms with van der Waals surface area (Å²) in [5.74, 6) is 0.398. The van der Waals surface area contributed by atoms with Gasteiger partial charge >= 0.3 is 5.97 Å². The highest BCUT2D eigenvalue weighted by Gasteiger charge is 2.27. The van der Waals surface area contributed by atoms with Crippen LogP contribution >= 0.6 is 11.3 Å². The zero-order chi connectivity index (χ0) is 23.1. The third kappa shape index (κ3) is 5.80. The molecule has 0 spiro atoms. The number of aromatic carboxylic acids is 1. The summed E-state index contributed by atoms with van der Waals surface area (Å²) in [4.78, 5) is 11.5. The van der Waals surface area contributed by atoms with Crippen molar-refractivity contribution in [2.75, 3.05) is 12.4 Å². The molecule has 0 amide bonds. The number of anilines is 1. The third-order valence-corrected chi connectivity index (χ3v) is 6.55. The first-order valence-electron chi connectivity index (χ1n) is 10.9. The molecule has 1 heterocycles. The Hall–Kier alpha value is -3.05. The van der Waals surface area contributed by atoms with Gasteiger partial charge in [-0.25, -0.2) is 4.79 Å². The molecule has 0 fully saturated rings. The molecule has 1 aliphatic carbocycles. The van der Waals surface area contributed by atoms with Gasteiger partial charge in [-0.1, -0.05) is 49.1 Å². The van der Waals surface area contributed by atoms with E-state index in [4.69, 9.17) is 4.74 Å². The van der Waals surface area contributed by atoms with Gasteiger partial charge < -0.3 is 15.2 Å². The molecule has 2 N–H and O–H groups in total. The summed E-state index contributed by atoms with van der Waals surface area (Å²) in [7, 11) is 1.78. The quantitative estimate of drug-likeness (QED) is 0.431. The molecule has 168 valence electrons. The van der Waals surface area contributed by atoms with Crippen LogP contribution in [0.25, 0.3) is 6.08 Å². The molecule has 0 radical (unpaired) electrons. The Bertz CT molecular complexity index is 1050. The number of carbonyl (C=O) groups is 1. The van der Waals surface area contributed by atoms with Gasteiger partial charge in [-0.3, -0.25) is 0 Å². The maximum absolute atomic E-state index is 11.5. The highest BCUT2D eigenvalue weighted by atomic mass is 32.1. The third-order valence-electron chi connectivity index (χ3n) is 5.53. The van der Waals surface area contributed by atoms with E-state index in [9.17, 15) is 9.90 Å². The fourth-order valence-corrected chi connectivity index (χ4v) is 4.99. The lowest BCUT2D eigenvalue weighted by molar-refractivity contribution is 0.0696. The lowest BCUT2D eigenvalue weighted by Crippen LogP contribution is -2.15. The van der Waals surface area contributed by atoms with Gasteiger partial charge in [0.15, 0.2) is 0 Å². The van der Waals surface area contributed by atoms with E-state index in [1.807, 2.05) is 49.6 Å². The summed E-state index contributed by atoms with van der Waals surface area (Å²) < 4.78 is 5.48. The lowest BCUT2D eigenvalue weighted by atomic mass is 9.80. The average Bonchev–Trinajstić information content (AvgIpc) is 3.24. The van der Waals surface area contributed by atoms with E-state index in [2.05, 4.69) is 36.2 Å². The predicted octanol–water partition coefficient (Wildman–Crippen LogP) is 6.88. The number of ether oxygens (including phenoxy) is 1. The number of benzene rings is 2. The molecule has 1 aliphatic rings. The number of fused-ring (bicyclic) bond motifs is 1. The Labute approximate surface area is 194 Å². The van der Waals surface area contributed by atoms with Crippen molar-refractivity contribution in [3.63, 3.8) is 0 Å². The Morgan fingerprint density at radius 1 is 1.19 bits per heavy atom. The number of hydrogen-bond acceptors (Lipinski definition) is 4. The normalized spacial score (nSPS) is 14.7. The van der Waals surface area contributed by atoms with Gasteiger partial charge in [0.25, 0.3) is 0 Å². The van der Waals surface area contributed by atoms with Crippen molar-refractivity contribution in [2.45, 2.75) is 45.1 Å². The summed E-state index contributed by atoms with van der Waals surface area (Å²) in [5, 5.41) is 15.2. The topological polar surface area (TPSA) is 58.6 Å². The molecule has 4 rings (SSSR count). The standard InChI is InChI=1S/C16H17NO2S.C11H14O/c1-17-15-14(16(18)19)13(9-20-15)12-7-6-10-4-2-3-5-11(10)8-12;1-4-10-5-7-11(8-6-10)12-9(2)3/h2-5,9,12,17H,6-8H2,1H3,(H,18,19);4-9H,1H2,2-3H3. The molecule has 1 atom stereocenters. The molecule has 0 bridgehead atoms. The van der Waals surface area contributed by atoms with Crippen LogP contribution in [0.3, 0.4) is 0 Å². The molecule has 5 heteroatoms. The Morgan fingerprint density at radius 2 is 1.88 bits per heavy atom. The van der Waals surface area contributed by atoms with Crippen LogP contribution in [0.4, 0.5) is 5.00 Å². The molecule has 0 saturated heterocycles. The van der Waals surface area contributed by atoms with E-state index in [-0.39, 0.29) is 6.10 Å². The van der Waals surface area contributed by atoms with Crippen LogP contribution in [0.5, 0.6) is 5.75 Å². The molecule has 1 unspecified atom stereocenters. The van der Waals surface area contributed by atoms with Crippen molar-refractivity contribution in [2.24, 2.45) is 0 Å². The fraction of sp³-hybridized carbons (Fsp3) is 0.296. The largest absolute Gasteiger partial charge is 0.491 e. The van der Waals surface area contributed by atoms with Gasteiger partial charge in [-0.2, -0.15) is 0 Å². The van der Waals surface area contributed by atoms with Crippen LogP contribution in [0.1, 0.15) is 58.8 Å². The predicted molar refractivity (Wildman–Crippen MR) is 134 cm³/mol. The fourth-order valence-electron chi connectivity index (χ4n) is 3.99. The SMILES string of the molecule is C=Cc1ccc(OC(C)C)cc1.CNc1scc(C2CCc3ccccc3C2)c1C(=O)O. The highest BCUT2D eigenvalue weighted by molar-refractivity contribution is 7.14. The molecule has 1 aromatic heterocycles. The van der Waals surface area contributed by atoms with E-state index in [1.165, 1.54) is 22.5 Å².